The smallest absolute Gasteiger partial charge is 0.320 e. The number of hydrogen-bond acceptors (Lipinski definition) is 6. The third-order valence-corrected chi connectivity index (χ3v) is 7.48. The zero-order valence-corrected chi connectivity index (χ0v) is 17.3. The number of likely N-dealkylation sites (tertiary alicyclic amines) is 1. The molecule has 3 aliphatic heterocycles. The minimum absolute atomic E-state index is 0.0481. The molecule has 3 fully saturated rings. The lowest BCUT2D eigenvalue weighted by Gasteiger charge is -2.31. The highest BCUT2D eigenvalue weighted by Crippen LogP contribution is 2.28. The molecule has 1 aromatic carbocycles. The van der Waals surface area contributed by atoms with Crippen LogP contribution in [0.4, 0.5) is 4.79 Å². The second-order valence-corrected chi connectivity index (χ2v) is 9.51. The first-order valence-electron chi connectivity index (χ1n) is 9.83. The van der Waals surface area contributed by atoms with Gasteiger partial charge in [-0.15, -0.1) is 0 Å². The van der Waals surface area contributed by atoms with Crippen molar-refractivity contribution < 1.29 is 27.4 Å². The number of morpholine rings is 1. The first-order chi connectivity index (χ1) is 14.0. The Kier molecular flexibility index (Phi) is 5.95. The molecule has 3 saturated heterocycles. The Hall–Kier alpha value is -1.88. The van der Waals surface area contributed by atoms with E-state index in [2.05, 4.69) is 0 Å². The monoisotopic (exact) mass is 425 g/mol. The number of benzene rings is 1. The number of sulfonamides is 1. The minimum Gasteiger partial charge on any atom is -0.497 e. The molecule has 160 valence electrons. The normalized spacial score (nSPS) is 27.3. The Balaban J connectivity index is 1.53. The van der Waals surface area contributed by atoms with E-state index in [1.807, 2.05) is 24.3 Å². The molecule has 0 aliphatic carbocycles. The lowest BCUT2D eigenvalue weighted by atomic mass is 10.1. The van der Waals surface area contributed by atoms with Gasteiger partial charge in [0.2, 0.25) is 10.0 Å². The van der Waals surface area contributed by atoms with Gasteiger partial charge in [0.25, 0.3) is 0 Å². The highest BCUT2D eigenvalue weighted by atomic mass is 32.2. The predicted octanol–water partition coefficient (Wildman–Crippen LogP) is 0.362. The van der Waals surface area contributed by atoms with Crippen molar-refractivity contribution in [3.63, 3.8) is 0 Å². The van der Waals surface area contributed by atoms with E-state index in [1.165, 1.54) is 4.31 Å². The maximum absolute atomic E-state index is 12.9. The number of rotatable bonds is 3. The number of carbonyl (C=O) groups is 1. The van der Waals surface area contributed by atoms with E-state index in [4.69, 9.17) is 14.2 Å². The SMILES string of the molecule is COc1ccc(CN2[C@@H]3CN(C(=O)N4CCOCC4)C[C@@H]3OCCS2(=O)=O)cc1. The standard InChI is InChI=1S/C19H27N3O6S/c1-26-16-4-2-15(3-5-16)12-22-17-13-21(19(23)20-6-8-27-9-7-20)14-18(17)28-10-11-29(22,24)25/h2-5,17-18H,6-14H2,1H3/t17-,18+/m1/s1. The van der Waals surface area contributed by atoms with Gasteiger partial charge in [-0.1, -0.05) is 12.1 Å². The fraction of sp³-hybridized carbons (Fsp3) is 0.632. The second kappa shape index (κ2) is 8.47. The summed E-state index contributed by atoms with van der Waals surface area (Å²) in [5, 5.41) is 0. The number of amides is 2. The Morgan fingerprint density at radius 3 is 2.52 bits per heavy atom. The van der Waals surface area contributed by atoms with Gasteiger partial charge in [0, 0.05) is 26.2 Å². The van der Waals surface area contributed by atoms with E-state index in [9.17, 15) is 13.2 Å². The average Bonchev–Trinajstić information content (AvgIpc) is 3.11. The van der Waals surface area contributed by atoms with Crippen LogP contribution in [0.1, 0.15) is 5.56 Å². The summed E-state index contributed by atoms with van der Waals surface area (Å²) in [6.45, 7) is 3.28. The topological polar surface area (TPSA) is 88.6 Å². The van der Waals surface area contributed by atoms with Gasteiger partial charge in [0.15, 0.2) is 0 Å². The molecule has 29 heavy (non-hydrogen) atoms. The summed E-state index contributed by atoms with van der Waals surface area (Å²) < 4.78 is 43.7. The van der Waals surface area contributed by atoms with Crippen LogP contribution in [0.2, 0.25) is 0 Å². The summed E-state index contributed by atoms with van der Waals surface area (Å²) in [7, 11) is -1.90. The first kappa shape index (κ1) is 20.4. The molecule has 1 aromatic rings. The third kappa shape index (κ3) is 4.35. The Morgan fingerprint density at radius 1 is 1.10 bits per heavy atom. The molecule has 10 heteroatoms. The zero-order chi connectivity index (χ0) is 20.4. The van der Waals surface area contributed by atoms with E-state index in [0.29, 0.717) is 39.4 Å². The summed E-state index contributed by atoms with van der Waals surface area (Å²) in [5.74, 6) is 0.671. The molecule has 0 radical (unpaired) electrons. The van der Waals surface area contributed by atoms with E-state index in [1.54, 1.807) is 16.9 Å². The lowest BCUT2D eigenvalue weighted by molar-refractivity contribution is 0.0377. The van der Waals surface area contributed by atoms with E-state index >= 15 is 0 Å². The van der Waals surface area contributed by atoms with Gasteiger partial charge in [0.1, 0.15) is 5.75 Å². The maximum atomic E-state index is 12.9. The summed E-state index contributed by atoms with van der Waals surface area (Å²) in [5.41, 5.74) is 0.869. The van der Waals surface area contributed by atoms with Crippen LogP contribution in [0.3, 0.4) is 0 Å². The van der Waals surface area contributed by atoms with Gasteiger partial charge < -0.3 is 24.0 Å². The summed E-state index contributed by atoms with van der Waals surface area (Å²) in [6.07, 6.45) is -0.324. The fourth-order valence-electron chi connectivity index (χ4n) is 4.06. The van der Waals surface area contributed by atoms with Crippen LogP contribution in [0.5, 0.6) is 5.75 Å². The van der Waals surface area contributed by atoms with Crippen molar-refractivity contribution in [3.8, 4) is 5.75 Å². The number of carbonyl (C=O) groups excluding carboxylic acids is 1. The number of hydrogen-bond donors (Lipinski definition) is 0. The molecule has 4 rings (SSSR count). The van der Waals surface area contributed by atoms with E-state index in [0.717, 1.165) is 11.3 Å². The molecular weight excluding hydrogens is 398 g/mol. The van der Waals surface area contributed by atoms with Crippen molar-refractivity contribution >= 4 is 16.1 Å². The summed E-state index contributed by atoms with van der Waals surface area (Å²) in [4.78, 5) is 16.4. The van der Waals surface area contributed by atoms with Gasteiger partial charge in [-0.05, 0) is 17.7 Å². The molecular formula is C19H27N3O6S. The number of methoxy groups -OCH3 is 1. The number of nitrogens with zero attached hydrogens (tertiary/aromatic N) is 3. The molecule has 9 nitrogen and oxygen atoms in total. The fourth-order valence-corrected chi connectivity index (χ4v) is 5.56. The van der Waals surface area contributed by atoms with Crippen molar-refractivity contribution in [3.05, 3.63) is 29.8 Å². The Bertz CT molecular complexity index is 825. The quantitative estimate of drug-likeness (QED) is 0.695. The van der Waals surface area contributed by atoms with Crippen LogP contribution < -0.4 is 4.74 Å². The largest absolute Gasteiger partial charge is 0.497 e. The zero-order valence-electron chi connectivity index (χ0n) is 16.5. The minimum atomic E-state index is -3.50. The molecule has 2 amide bonds. The van der Waals surface area contributed by atoms with E-state index < -0.39 is 16.1 Å². The van der Waals surface area contributed by atoms with Crippen LogP contribution in [0.25, 0.3) is 0 Å². The number of fused-ring (bicyclic) bond motifs is 1. The predicted molar refractivity (Wildman–Crippen MR) is 105 cm³/mol. The van der Waals surface area contributed by atoms with Crippen LogP contribution in [0.15, 0.2) is 24.3 Å². The Morgan fingerprint density at radius 2 is 1.83 bits per heavy atom. The van der Waals surface area contributed by atoms with Gasteiger partial charge >= 0.3 is 6.03 Å². The highest BCUT2D eigenvalue weighted by molar-refractivity contribution is 7.89. The molecule has 3 aliphatic rings. The van der Waals surface area contributed by atoms with Crippen LogP contribution in [0, 0.1) is 0 Å². The van der Waals surface area contributed by atoms with Crippen molar-refractivity contribution in [1.82, 2.24) is 14.1 Å². The summed E-state index contributed by atoms with van der Waals surface area (Å²) >= 11 is 0. The molecule has 0 spiro atoms. The second-order valence-electron chi connectivity index (χ2n) is 7.47. The molecule has 0 saturated carbocycles. The Labute approximate surface area is 171 Å². The average molecular weight is 426 g/mol. The van der Waals surface area contributed by atoms with E-state index in [-0.39, 0.29) is 31.0 Å². The van der Waals surface area contributed by atoms with Gasteiger partial charge in [-0.25, -0.2) is 13.2 Å². The van der Waals surface area contributed by atoms with Crippen LogP contribution >= 0.6 is 0 Å². The number of urea groups is 1. The summed E-state index contributed by atoms with van der Waals surface area (Å²) in [6, 6.07) is 6.88. The molecule has 0 unspecified atom stereocenters. The van der Waals surface area contributed by atoms with Crippen molar-refractivity contribution in [1.29, 1.82) is 0 Å². The molecule has 2 atom stereocenters. The molecule has 3 heterocycles. The van der Waals surface area contributed by atoms with Gasteiger partial charge in [0.05, 0.1) is 51.4 Å². The van der Waals surface area contributed by atoms with Gasteiger partial charge in [-0.3, -0.25) is 0 Å². The van der Waals surface area contributed by atoms with Crippen molar-refractivity contribution in [2.45, 2.75) is 18.7 Å². The molecule has 0 aromatic heterocycles. The van der Waals surface area contributed by atoms with Gasteiger partial charge in [-0.2, -0.15) is 4.31 Å². The van der Waals surface area contributed by atoms with Crippen molar-refractivity contribution in [2.75, 3.05) is 58.9 Å². The van der Waals surface area contributed by atoms with Crippen molar-refractivity contribution in [2.24, 2.45) is 0 Å². The lowest BCUT2D eigenvalue weighted by Crippen LogP contribution is -2.49. The van der Waals surface area contributed by atoms with Crippen LogP contribution in [-0.2, 0) is 26.0 Å². The van der Waals surface area contributed by atoms with Crippen LogP contribution in [-0.4, -0.2) is 99.6 Å². The number of ether oxygens (including phenoxy) is 3. The maximum Gasteiger partial charge on any atom is 0.320 e. The molecule has 0 bridgehead atoms. The highest BCUT2D eigenvalue weighted by Gasteiger charge is 2.46. The molecule has 0 N–H and O–H groups in total. The first-order valence-corrected chi connectivity index (χ1v) is 11.4. The third-order valence-electron chi connectivity index (χ3n) is 5.69.